The molecule has 0 radical (unpaired) electrons. The van der Waals surface area contributed by atoms with E-state index in [0.717, 1.165) is 35.1 Å². The Morgan fingerprint density at radius 2 is 1.15 bits per heavy atom. The first-order valence-corrected chi connectivity index (χ1v) is 9.90. The van der Waals surface area contributed by atoms with Gasteiger partial charge in [-0.15, -0.1) is 0 Å². The van der Waals surface area contributed by atoms with E-state index < -0.39 is 11.2 Å². The zero-order valence-corrected chi connectivity index (χ0v) is 16.3. The van der Waals surface area contributed by atoms with Crippen LogP contribution in [0.1, 0.15) is 60.1 Å². The summed E-state index contributed by atoms with van der Waals surface area (Å²) < 4.78 is 0. The predicted molar refractivity (Wildman–Crippen MR) is 105 cm³/mol. The van der Waals surface area contributed by atoms with Gasteiger partial charge >= 0.3 is 0 Å². The zero-order valence-electron chi connectivity index (χ0n) is 16.3. The van der Waals surface area contributed by atoms with Crippen molar-refractivity contribution < 1.29 is 10.2 Å². The summed E-state index contributed by atoms with van der Waals surface area (Å²) in [7, 11) is 0. The lowest BCUT2D eigenvalue weighted by molar-refractivity contribution is -0.0650. The molecule has 2 nitrogen and oxygen atoms in total. The lowest BCUT2D eigenvalue weighted by atomic mass is 9.75. The summed E-state index contributed by atoms with van der Waals surface area (Å²) in [5, 5.41) is 23.3. The molecule has 4 rings (SSSR count). The third kappa shape index (κ3) is 2.39. The maximum Gasteiger partial charge on any atom is 0.0931 e. The van der Waals surface area contributed by atoms with Crippen LogP contribution in [-0.2, 0) is 24.0 Å². The summed E-state index contributed by atoms with van der Waals surface area (Å²) in [5.74, 6) is 0.352. The minimum absolute atomic E-state index is 0.176. The van der Waals surface area contributed by atoms with Crippen molar-refractivity contribution in [1.82, 2.24) is 0 Å². The van der Waals surface area contributed by atoms with Crippen LogP contribution in [0.25, 0.3) is 0 Å². The predicted octanol–water partition coefficient (Wildman–Crippen LogP) is 4.54. The van der Waals surface area contributed by atoms with Gasteiger partial charge in [0.05, 0.1) is 11.2 Å². The van der Waals surface area contributed by atoms with Crippen LogP contribution in [0.4, 0.5) is 0 Å². The molecule has 0 saturated carbocycles. The third-order valence-electron chi connectivity index (χ3n) is 7.15. The minimum Gasteiger partial charge on any atom is -0.385 e. The van der Waals surface area contributed by atoms with E-state index >= 15 is 0 Å². The highest BCUT2D eigenvalue weighted by Crippen LogP contribution is 2.51. The second-order valence-corrected chi connectivity index (χ2v) is 8.78. The maximum absolute atomic E-state index is 11.7. The second kappa shape index (κ2) is 5.94. The molecular weight excluding hydrogens is 320 g/mol. The van der Waals surface area contributed by atoms with E-state index in [1.54, 1.807) is 0 Å². The fourth-order valence-corrected chi connectivity index (χ4v) is 5.65. The highest BCUT2D eigenvalue weighted by Gasteiger charge is 2.49. The molecule has 2 aliphatic rings. The van der Waals surface area contributed by atoms with Crippen LogP contribution in [0.15, 0.2) is 36.4 Å². The lowest BCUT2D eigenvalue weighted by Gasteiger charge is -2.36. The number of hydrogen-bond donors (Lipinski definition) is 2. The van der Waals surface area contributed by atoms with Crippen LogP contribution in [0.2, 0.25) is 0 Å². The molecule has 2 N–H and O–H groups in total. The van der Waals surface area contributed by atoms with Crippen molar-refractivity contribution in [3.05, 3.63) is 69.8 Å². The van der Waals surface area contributed by atoms with Crippen molar-refractivity contribution in [3.63, 3.8) is 0 Å². The fraction of sp³-hybridized carbons (Fsp3) is 0.500. The summed E-state index contributed by atoms with van der Waals surface area (Å²) in [6, 6.07) is 12.6. The monoisotopic (exact) mass is 350 g/mol. The molecule has 0 bridgehead atoms. The average molecular weight is 351 g/mol. The van der Waals surface area contributed by atoms with Crippen molar-refractivity contribution in [2.24, 2.45) is 11.8 Å². The molecule has 0 aliphatic heterocycles. The van der Waals surface area contributed by atoms with Gasteiger partial charge in [0.1, 0.15) is 0 Å². The van der Waals surface area contributed by atoms with Crippen molar-refractivity contribution in [1.29, 1.82) is 0 Å². The van der Waals surface area contributed by atoms with Crippen molar-refractivity contribution in [3.8, 4) is 0 Å². The highest BCUT2D eigenvalue weighted by atomic mass is 16.3. The van der Waals surface area contributed by atoms with E-state index in [4.69, 9.17) is 0 Å². The first kappa shape index (κ1) is 17.8. The number of aliphatic hydroxyl groups is 2. The SMILES string of the molecule is Cc1cccc2c1C(O)(CCC1(O)c3c(C)cccc3CC1C)C(C)C2. The molecule has 26 heavy (non-hydrogen) atoms. The van der Waals surface area contributed by atoms with E-state index in [2.05, 4.69) is 64.1 Å². The Hall–Kier alpha value is -1.64. The van der Waals surface area contributed by atoms with Crippen LogP contribution in [0, 0.1) is 25.7 Å². The molecule has 0 heterocycles. The number of hydrogen-bond acceptors (Lipinski definition) is 2. The number of benzene rings is 2. The van der Waals surface area contributed by atoms with E-state index in [-0.39, 0.29) is 11.8 Å². The number of rotatable bonds is 3. The van der Waals surface area contributed by atoms with Gasteiger partial charge in [0.25, 0.3) is 0 Å². The maximum atomic E-state index is 11.7. The van der Waals surface area contributed by atoms with Gasteiger partial charge < -0.3 is 10.2 Å². The molecule has 2 heteroatoms. The van der Waals surface area contributed by atoms with Crippen LogP contribution in [0.3, 0.4) is 0 Å². The van der Waals surface area contributed by atoms with Crippen LogP contribution in [-0.4, -0.2) is 10.2 Å². The molecule has 4 atom stereocenters. The summed E-state index contributed by atoms with van der Waals surface area (Å²) in [6.45, 7) is 8.46. The molecule has 0 aromatic heterocycles. The molecule has 0 saturated heterocycles. The normalized spacial score (nSPS) is 32.5. The van der Waals surface area contributed by atoms with Gasteiger partial charge in [-0.3, -0.25) is 0 Å². The van der Waals surface area contributed by atoms with Gasteiger partial charge in [-0.1, -0.05) is 50.2 Å². The Labute approximate surface area is 156 Å². The standard InChI is InChI=1S/C24H30O2/c1-15-7-5-9-19-13-17(3)23(25,21(15)19)11-12-24(26)18(4)14-20-10-6-8-16(2)22(20)24/h5-10,17-18,25-26H,11-14H2,1-4H3. The van der Waals surface area contributed by atoms with E-state index in [1.807, 2.05) is 0 Å². The lowest BCUT2D eigenvalue weighted by Crippen LogP contribution is -2.37. The largest absolute Gasteiger partial charge is 0.385 e. The second-order valence-electron chi connectivity index (χ2n) is 8.78. The van der Waals surface area contributed by atoms with E-state index in [0.29, 0.717) is 12.8 Å². The summed E-state index contributed by atoms with van der Waals surface area (Å²) in [6.07, 6.45) is 3.02. The summed E-state index contributed by atoms with van der Waals surface area (Å²) in [5.41, 5.74) is 5.38. The van der Waals surface area contributed by atoms with Gasteiger partial charge in [-0.05, 0) is 84.7 Å². The number of fused-ring (bicyclic) bond motifs is 2. The van der Waals surface area contributed by atoms with Crippen LogP contribution < -0.4 is 0 Å². The van der Waals surface area contributed by atoms with Crippen molar-refractivity contribution in [2.75, 3.05) is 0 Å². The topological polar surface area (TPSA) is 40.5 Å². The van der Waals surface area contributed by atoms with Gasteiger partial charge in [0.2, 0.25) is 0 Å². The smallest absolute Gasteiger partial charge is 0.0931 e. The van der Waals surface area contributed by atoms with Gasteiger partial charge in [-0.2, -0.15) is 0 Å². The average Bonchev–Trinajstić information content (AvgIpc) is 3.00. The zero-order chi connectivity index (χ0) is 18.7. The highest BCUT2D eigenvalue weighted by molar-refractivity contribution is 5.46. The Morgan fingerprint density at radius 1 is 0.769 bits per heavy atom. The molecular formula is C24H30O2. The molecule has 0 fully saturated rings. The van der Waals surface area contributed by atoms with Gasteiger partial charge in [0.15, 0.2) is 0 Å². The minimum atomic E-state index is -0.846. The number of aryl methyl sites for hydroxylation is 2. The molecule has 0 amide bonds. The molecule has 0 spiro atoms. The van der Waals surface area contributed by atoms with Crippen LogP contribution in [0.5, 0.6) is 0 Å². The Balaban J connectivity index is 1.69. The molecule has 138 valence electrons. The quantitative estimate of drug-likeness (QED) is 0.853. The van der Waals surface area contributed by atoms with Crippen molar-refractivity contribution in [2.45, 2.75) is 64.6 Å². The molecule has 2 aromatic rings. The third-order valence-corrected chi connectivity index (χ3v) is 7.15. The Kier molecular flexibility index (Phi) is 4.05. The van der Waals surface area contributed by atoms with Gasteiger partial charge in [-0.25, -0.2) is 0 Å². The summed E-state index contributed by atoms with van der Waals surface area (Å²) >= 11 is 0. The van der Waals surface area contributed by atoms with E-state index in [9.17, 15) is 10.2 Å². The first-order valence-electron chi connectivity index (χ1n) is 9.90. The Bertz CT molecular complexity index is 784. The van der Waals surface area contributed by atoms with Gasteiger partial charge in [0, 0.05) is 0 Å². The molecule has 2 aliphatic carbocycles. The van der Waals surface area contributed by atoms with E-state index in [1.165, 1.54) is 11.1 Å². The Morgan fingerprint density at radius 3 is 1.54 bits per heavy atom. The van der Waals surface area contributed by atoms with Crippen molar-refractivity contribution >= 4 is 0 Å². The van der Waals surface area contributed by atoms with Crippen LogP contribution >= 0.6 is 0 Å². The summed E-state index contributed by atoms with van der Waals surface area (Å²) in [4.78, 5) is 0. The fourth-order valence-electron chi connectivity index (χ4n) is 5.65. The molecule has 4 unspecified atom stereocenters. The molecule has 2 aromatic carbocycles. The first-order chi connectivity index (χ1) is 12.3.